The zero-order chi connectivity index (χ0) is 13.4. The average Bonchev–Trinajstić information content (AvgIpc) is 2.93. The van der Waals surface area contributed by atoms with Crippen LogP contribution < -0.4 is 4.90 Å². The topological polar surface area (TPSA) is 53.4 Å². The number of carboxylic acid groups (broad SMARTS) is 1. The van der Waals surface area contributed by atoms with Crippen LogP contribution >= 0.6 is 22.7 Å². The van der Waals surface area contributed by atoms with Crippen molar-refractivity contribution in [1.29, 1.82) is 0 Å². The third-order valence-corrected chi connectivity index (χ3v) is 5.00. The summed E-state index contributed by atoms with van der Waals surface area (Å²) in [6, 6.07) is 4.67. The fourth-order valence-corrected chi connectivity index (χ4v) is 3.69. The van der Waals surface area contributed by atoms with E-state index in [-0.39, 0.29) is 5.69 Å². The van der Waals surface area contributed by atoms with Gasteiger partial charge in [0.15, 0.2) is 10.8 Å². The molecule has 0 bridgehead atoms. The number of carboxylic acids is 1. The lowest BCUT2D eigenvalue weighted by Gasteiger charge is -2.20. The van der Waals surface area contributed by atoms with E-state index >= 15 is 0 Å². The summed E-state index contributed by atoms with van der Waals surface area (Å²) in [6.45, 7) is 2.65. The Morgan fingerprint density at radius 2 is 2.37 bits per heavy atom. The normalized spacial score (nSPS) is 14.6. The van der Waals surface area contributed by atoms with Crippen LogP contribution in [0.25, 0.3) is 0 Å². The Morgan fingerprint density at radius 3 is 2.89 bits per heavy atom. The molecule has 0 atom stereocenters. The third kappa shape index (κ3) is 2.64. The predicted octanol–water partition coefficient (Wildman–Crippen LogP) is 3.38. The minimum absolute atomic E-state index is 0.192. The molecule has 0 radical (unpaired) electrons. The average molecular weight is 294 g/mol. The highest BCUT2D eigenvalue weighted by molar-refractivity contribution is 7.15. The number of anilines is 1. The van der Waals surface area contributed by atoms with Gasteiger partial charge in [0.2, 0.25) is 0 Å². The largest absolute Gasteiger partial charge is 0.476 e. The van der Waals surface area contributed by atoms with E-state index in [1.165, 1.54) is 29.1 Å². The minimum Gasteiger partial charge on any atom is -0.476 e. The van der Waals surface area contributed by atoms with Crippen LogP contribution in [0.2, 0.25) is 0 Å². The summed E-state index contributed by atoms with van der Waals surface area (Å²) in [7, 11) is 0. The van der Waals surface area contributed by atoms with E-state index in [4.69, 9.17) is 5.11 Å². The van der Waals surface area contributed by atoms with Gasteiger partial charge in [-0.25, -0.2) is 9.78 Å². The Morgan fingerprint density at radius 1 is 1.58 bits per heavy atom. The molecule has 6 heteroatoms. The van der Waals surface area contributed by atoms with Crippen LogP contribution in [0.3, 0.4) is 0 Å². The van der Waals surface area contributed by atoms with Crippen molar-refractivity contribution in [2.45, 2.75) is 32.4 Å². The van der Waals surface area contributed by atoms with Crippen molar-refractivity contribution in [3.05, 3.63) is 33.0 Å². The molecule has 1 N–H and O–H groups in total. The molecule has 0 spiro atoms. The zero-order valence-corrected chi connectivity index (χ0v) is 12.1. The van der Waals surface area contributed by atoms with Crippen molar-refractivity contribution in [2.24, 2.45) is 0 Å². The van der Waals surface area contributed by atoms with Crippen LogP contribution in [0.5, 0.6) is 0 Å². The molecule has 3 rings (SSSR count). The molecule has 4 nitrogen and oxygen atoms in total. The second-order valence-electron chi connectivity index (χ2n) is 4.64. The number of hydrogen-bond donors (Lipinski definition) is 1. The zero-order valence-electron chi connectivity index (χ0n) is 10.5. The van der Waals surface area contributed by atoms with Crippen LogP contribution in [0, 0.1) is 6.92 Å². The summed E-state index contributed by atoms with van der Waals surface area (Å²) in [4.78, 5) is 19.7. The van der Waals surface area contributed by atoms with Gasteiger partial charge in [0.05, 0.1) is 6.54 Å². The van der Waals surface area contributed by atoms with E-state index < -0.39 is 5.97 Å². The van der Waals surface area contributed by atoms with Crippen LogP contribution in [-0.4, -0.2) is 22.1 Å². The smallest absolute Gasteiger partial charge is 0.355 e. The fraction of sp³-hybridized carbons (Fsp3) is 0.385. The van der Waals surface area contributed by atoms with Gasteiger partial charge in [-0.15, -0.1) is 22.7 Å². The van der Waals surface area contributed by atoms with E-state index in [2.05, 4.69) is 21.3 Å². The monoisotopic (exact) mass is 294 g/mol. The number of aryl methyl sites for hydroxylation is 1. The first-order valence-corrected chi connectivity index (χ1v) is 7.84. The highest BCUT2D eigenvalue weighted by Crippen LogP contribution is 2.36. The summed E-state index contributed by atoms with van der Waals surface area (Å²) in [5.74, 6) is -0.938. The van der Waals surface area contributed by atoms with Crippen molar-refractivity contribution < 1.29 is 9.90 Å². The van der Waals surface area contributed by atoms with Gasteiger partial charge in [-0.2, -0.15) is 0 Å². The van der Waals surface area contributed by atoms with Crippen LogP contribution in [0.4, 0.5) is 5.13 Å². The second-order valence-corrected chi connectivity index (χ2v) is 6.86. The van der Waals surface area contributed by atoms with E-state index in [0.717, 1.165) is 16.6 Å². The second kappa shape index (κ2) is 4.94. The lowest BCUT2D eigenvalue weighted by molar-refractivity contribution is 0.0690. The Bertz CT molecular complexity index is 588. The number of thiophene rings is 1. The summed E-state index contributed by atoms with van der Waals surface area (Å²) < 4.78 is 0. The van der Waals surface area contributed by atoms with Gasteiger partial charge >= 0.3 is 5.97 Å². The minimum atomic E-state index is -0.938. The van der Waals surface area contributed by atoms with Crippen LogP contribution in [0.15, 0.2) is 17.5 Å². The first-order valence-electron chi connectivity index (χ1n) is 6.15. The lowest BCUT2D eigenvalue weighted by atomic mass is 10.4. The molecule has 2 aromatic rings. The molecule has 0 aromatic carbocycles. The van der Waals surface area contributed by atoms with Gasteiger partial charge in [-0.05, 0) is 31.2 Å². The lowest BCUT2D eigenvalue weighted by Crippen LogP contribution is -2.24. The number of thiazole rings is 1. The fourth-order valence-electron chi connectivity index (χ4n) is 2.01. The Labute approximate surface area is 119 Å². The van der Waals surface area contributed by atoms with E-state index in [1.807, 2.05) is 13.0 Å². The molecule has 1 saturated carbocycles. The van der Waals surface area contributed by atoms with E-state index in [9.17, 15) is 4.79 Å². The maximum Gasteiger partial charge on any atom is 0.355 e. The van der Waals surface area contributed by atoms with Gasteiger partial charge in [-0.3, -0.25) is 0 Å². The standard InChI is InChI=1S/C13H14N2O2S2/c1-8-11(12(16)17)14-13(19-8)15(9-4-5-9)7-10-3-2-6-18-10/h2-3,6,9H,4-5,7H2,1H3,(H,16,17). The highest BCUT2D eigenvalue weighted by atomic mass is 32.1. The van der Waals surface area contributed by atoms with Gasteiger partial charge in [0.1, 0.15) is 0 Å². The van der Waals surface area contributed by atoms with Crippen molar-refractivity contribution >= 4 is 33.8 Å². The quantitative estimate of drug-likeness (QED) is 0.918. The van der Waals surface area contributed by atoms with E-state index in [1.54, 1.807) is 11.3 Å². The van der Waals surface area contributed by atoms with Crippen molar-refractivity contribution in [3.8, 4) is 0 Å². The number of aromatic carboxylic acids is 1. The van der Waals surface area contributed by atoms with Crippen molar-refractivity contribution in [1.82, 2.24) is 4.98 Å². The summed E-state index contributed by atoms with van der Waals surface area (Å²) in [5, 5.41) is 12.0. The molecule has 0 amide bonds. The third-order valence-electron chi connectivity index (χ3n) is 3.13. The number of aromatic nitrogens is 1. The number of nitrogens with zero attached hydrogens (tertiary/aromatic N) is 2. The van der Waals surface area contributed by atoms with Crippen LogP contribution in [0.1, 0.15) is 33.1 Å². The summed E-state index contributed by atoms with van der Waals surface area (Å²) in [6.07, 6.45) is 2.35. The van der Waals surface area contributed by atoms with Gasteiger partial charge in [0.25, 0.3) is 0 Å². The Hall–Kier alpha value is -1.40. The van der Waals surface area contributed by atoms with Gasteiger partial charge in [-0.1, -0.05) is 6.07 Å². The number of carbonyl (C=O) groups is 1. The van der Waals surface area contributed by atoms with Crippen LogP contribution in [-0.2, 0) is 6.54 Å². The molecular weight excluding hydrogens is 280 g/mol. The molecular formula is C13H14N2O2S2. The van der Waals surface area contributed by atoms with Crippen molar-refractivity contribution in [2.75, 3.05) is 4.90 Å². The highest BCUT2D eigenvalue weighted by Gasteiger charge is 2.32. The SMILES string of the molecule is Cc1sc(N(Cc2cccs2)C2CC2)nc1C(=O)O. The Balaban J connectivity index is 1.87. The molecule has 1 fully saturated rings. The molecule has 19 heavy (non-hydrogen) atoms. The molecule has 2 aromatic heterocycles. The Kier molecular flexibility index (Phi) is 3.28. The molecule has 0 unspecified atom stereocenters. The van der Waals surface area contributed by atoms with E-state index in [0.29, 0.717) is 6.04 Å². The molecule has 2 heterocycles. The van der Waals surface area contributed by atoms with Gasteiger partial charge < -0.3 is 10.0 Å². The molecule has 0 aliphatic heterocycles. The first-order chi connectivity index (χ1) is 9.15. The van der Waals surface area contributed by atoms with Crippen molar-refractivity contribution in [3.63, 3.8) is 0 Å². The number of rotatable bonds is 5. The predicted molar refractivity (Wildman–Crippen MR) is 77.3 cm³/mol. The molecule has 1 aliphatic carbocycles. The number of hydrogen-bond acceptors (Lipinski definition) is 5. The first kappa shape index (κ1) is 12.6. The molecule has 100 valence electrons. The summed E-state index contributed by atoms with van der Waals surface area (Å²) in [5.41, 5.74) is 0.192. The maximum absolute atomic E-state index is 11.1. The summed E-state index contributed by atoms with van der Waals surface area (Å²) >= 11 is 3.21. The molecule has 1 aliphatic rings. The molecule has 0 saturated heterocycles. The van der Waals surface area contributed by atoms with Gasteiger partial charge in [0, 0.05) is 15.8 Å². The maximum atomic E-state index is 11.1.